The van der Waals surface area contributed by atoms with Gasteiger partial charge in [-0.25, -0.2) is 0 Å². The number of anilines is 1. The van der Waals surface area contributed by atoms with Gasteiger partial charge < -0.3 is 15.2 Å². The van der Waals surface area contributed by atoms with E-state index in [-0.39, 0.29) is 12.4 Å². The van der Waals surface area contributed by atoms with Crippen LogP contribution in [0.1, 0.15) is 24.0 Å². The molecule has 0 radical (unpaired) electrons. The number of benzene rings is 1. The molecule has 4 nitrogen and oxygen atoms in total. The van der Waals surface area contributed by atoms with Crippen molar-refractivity contribution in [2.24, 2.45) is 0 Å². The Morgan fingerprint density at radius 3 is 2.78 bits per heavy atom. The van der Waals surface area contributed by atoms with E-state index in [0.717, 1.165) is 11.3 Å². The van der Waals surface area contributed by atoms with Crippen LogP contribution in [0.4, 0.5) is 5.69 Å². The highest BCUT2D eigenvalue weighted by atomic mass is 16.5. The Morgan fingerprint density at radius 1 is 1.44 bits per heavy atom. The first-order chi connectivity index (χ1) is 8.52. The highest BCUT2D eigenvalue weighted by Crippen LogP contribution is 2.16. The maximum absolute atomic E-state index is 10.9. The van der Waals surface area contributed by atoms with Crippen LogP contribution < -0.4 is 5.32 Å². The van der Waals surface area contributed by atoms with E-state index in [2.05, 4.69) is 16.1 Å². The van der Waals surface area contributed by atoms with Crippen molar-refractivity contribution in [1.82, 2.24) is 0 Å². The number of aliphatic hydroxyl groups is 1. The quantitative estimate of drug-likeness (QED) is 0.759. The predicted molar refractivity (Wildman–Crippen MR) is 71.7 cm³/mol. The zero-order valence-corrected chi connectivity index (χ0v) is 11.2. The summed E-state index contributed by atoms with van der Waals surface area (Å²) >= 11 is 0. The van der Waals surface area contributed by atoms with Crippen LogP contribution >= 0.6 is 0 Å². The van der Waals surface area contributed by atoms with Crippen molar-refractivity contribution in [3.05, 3.63) is 29.3 Å². The maximum atomic E-state index is 10.9. The average Bonchev–Trinajstić information content (AvgIpc) is 2.34. The third kappa shape index (κ3) is 4.75. The maximum Gasteiger partial charge on any atom is 0.305 e. The molecule has 0 aliphatic rings. The minimum absolute atomic E-state index is 0.242. The van der Waals surface area contributed by atoms with Gasteiger partial charge in [-0.05, 0) is 31.9 Å². The summed E-state index contributed by atoms with van der Waals surface area (Å²) in [6, 6.07) is 6.11. The molecule has 100 valence electrons. The lowest BCUT2D eigenvalue weighted by Crippen LogP contribution is -2.21. The molecule has 1 unspecified atom stereocenters. The molecule has 0 aliphatic carbocycles. The number of hydrogen-bond acceptors (Lipinski definition) is 4. The first-order valence-electron chi connectivity index (χ1n) is 6.09. The average molecular weight is 251 g/mol. The van der Waals surface area contributed by atoms with Crippen LogP contribution in [0.3, 0.4) is 0 Å². The lowest BCUT2D eigenvalue weighted by atomic mass is 10.1. The molecule has 0 aliphatic heterocycles. The zero-order valence-electron chi connectivity index (χ0n) is 11.2. The molecule has 0 saturated heterocycles. The van der Waals surface area contributed by atoms with Gasteiger partial charge in [-0.15, -0.1) is 0 Å². The molecular weight excluding hydrogens is 230 g/mol. The molecule has 0 aromatic heterocycles. The normalized spacial score (nSPS) is 12.0. The summed E-state index contributed by atoms with van der Waals surface area (Å²) in [7, 11) is 1.35. The predicted octanol–water partition coefficient (Wildman–Crippen LogP) is 2.03. The molecule has 4 heteroatoms. The van der Waals surface area contributed by atoms with Crippen molar-refractivity contribution >= 4 is 11.7 Å². The van der Waals surface area contributed by atoms with Gasteiger partial charge in [0.05, 0.1) is 13.2 Å². The van der Waals surface area contributed by atoms with Crippen molar-refractivity contribution in [3.63, 3.8) is 0 Å². The minimum atomic E-state index is -0.551. The molecule has 0 spiro atoms. The van der Waals surface area contributed by atoms with Crippen molar-refractivity contribution < 1.29 is 14.6 Å². The molecule has 0 amide bonds. The first-order valence-corrected chi connectivity index (χ1v) is 6.09. The molecule has 18 heavy (non-hydrogen) atoms. The molecular formula is C14H21NO3. The van der Waals surface area contributed by atoms with Crippen LogP contribution in [0.25, 0.3) is 0 Å². The third-order valence-electron chi connectivity index (χ3n) is 2.82. The number of carbonyl (C=O) groups excluding carboxylic acids is 1. The molecule has 1 atom stereocenters. The van der Waals surface area contributed by atoms with Gasteiger partial charge in [0.1, 0.15) is 0 Å². The zero-order chi connectivity index (χ0) is 13.5. The number of esters is 1. The van der Waals surface area contributed by atoms with E-state index in [0.29, 0.717) is 13.0 Å². The molecule has 0 heterocycles. The molecule has 0 saturated carbocycles. The van der Waals surface area contributed by atoms with Crippen LogP contribution in [0.5, 0.6) is 0 Å². The second-order valence-corrected chi connectivity index (χ2v) is 4.47. The molecule has 1 aromatic rings. The van der Waals surface area contributed by atoms with Crippen molar-refractivity contribution in [1.29, 1.82) is 0 Å². The fourth-order valence-corrected chi connectivity index (χ4v) is 1.73. The summed E-state index contributed by atoms with van der Waals surface area (Å²) in [4.78, 5) is 10.9. The first kappa shape index (κ1) is 14.5. The highest BCUT2D eigenvalue weighted by molar-refractivity contribution is 5.69. The van der Waals surface area contributed by atoms with E-state index in [4.69, 9.17) is 0 Å². The summed E-state index contributed by atoms with van der Waals surface area (Å²) in [5, 5.41) is 12.9. The number of methoxy groups -OCH3 is 1. The largest absolute Gasteiger partial charge is 0.469 e. The highest BCUT2D eigenvalue weighted by Gasteiger charge is 2.08. The van der Waals surface area contributed by atoms with Crippen LogP contribution in [0.2, 0.25) is 0 Å². The number of rotatable bonds is 6. The van der Waals surface area contributed by atoms with E-state index in [1.54, 1.807) is 0 Å². The number of aryl methyl sites for hydroxylation is 2. The van der Waals surface area contributed by atoms with E-state index < -0.39 is 6.10 Å². The van der Waals surface area contributed by atoms with E-state index >= 15 is 0 Å². The topological polar surface area (TPSA) is 58.6 Å². The second kappa shape index (κ2) is 7.01. The summed E-state index contributed by atoms with van der Waals surface area (Å²) in [6.45, 7) is 4.50. The van der Waals surface area contributed by atoms with Gasteiger partial charge in [0.15, 0.2) is 0 Å². The fraction of sp³-hybridized carbons (Fsp3) is 0.500. The van der Waals surface area contributed by atoms with Gasteiger partial charge >= 0.3 is 5.97 Å². The smallest absolute Gasteiger partial charge is 0.305 e. The number of carbonyl (C=O) groups is 1. The van der Waals surface area contributed by atoms with Crippen molar-refractivity contribution in [3.8, 4) is 0 Å². The van der Waals surface area contributed by atoms with Crippen LogP contribution in [-0.4, -0.2) is 30.8 Å². The Morgan fingerprint density at radius 2 is 2.17 bits per heavy atom. The monoisotopic (exact) mass is 251 g/mol. The number of hydrogen-bond donors (Lipinski definition) is 2. The summed E-state index contributed by atoms with van der Waals surface area (Å²) in [6.07, 6.45) is 0.0985. The van der Waals surface area contributed by atoms with Gasteiger partial charge in [-0.2, -0.15) is 0 Å². The van der Waals surface area contributed by atoms with Gasteiger partial charge in [-0.3, -0.25) is 4.79 Å². The van der Waals surface area contributed by atoms with Crippen molar-refractivity contribution in [2.45, 2.75) is 32.8 Å². The SMILES string of the molecule is COC(=O)CCC(O)CNc1ccc(C)cc1C. The van der Waals surface area contributed by atoms with Crippen LogP contribution in [0, 0.1) is 13.8 Å². The Labute approximate surface area is 108 Å². The molecule has 0 bridgehead atoms. The van der Waals surface area contributed by atoms with Gasteiger partial charge in [0.2, 0.25) is 0 Å². The fourth-order valence-electron chi connectivity index (χ4n) is 1.73. The summed E-state index contributed by atoms with van der Waals surface area (Å²) in [5.41, 5.74) is 3.37. The van der Waals surface area contributed by atoms with E-state index in [9.17, 15) is 9.90 Å². The standard InChI is InChI=1S/C14H21NO3/c1-10-4-6-13(11(2)8-10)15-9-12(16)5-7-14(17)18-3/h4,6,8,12,15-16H,5,7,9H2,1-3H3. The number of nitrogens with one attached hydrogen (secondary N) is 1. The van der Waals surface area contributed by atoms with Gasteiger partial charge in [0, 0.05) is 18.7 Å². The lowest BCUT2D eigenvalue weighted by Gasteiger charge is -2.14. The number of ether oxygens (including phenoxy) is 1. The Hall–Kier alpha value is -1.55. The molecule has 1 rings (SSSR count). The Balaban J connectivity index is 2.38. The van der Waals surface area contributed by atoms with E-state index in [1.807, 2.05) is 26.0 Å². The molecule has 1 aromatic carbocycles. The van der Waals surface area contributed by atoms with Gasteiger partial charge in [0.25, 0.3) is 0 Å². The molecule has 0 fully saturated rings. The van der Waals surface area contributed by atoms with Crippen LogP contribution in [-0.2, 0) is 9.53 Å². The summed E-state index contributed by atoms with van der Waals surface area (Å²) < 4.78 is 4.53. The van der Waals surface area contributed by atoms with Crippen LogP contribution in [0.15, 0.2) is 18.2 Å². The lowest BCUT2D eigenvalue weighted by molar-refractivity contribution is -0.141. The third-order valence-corrected chi connectivity index (χ3v) is 2.82. The minimum Gasteiger partial charge on any atom is -0.469 e. The Bertz CT molecular complexity index is 404. The van der Waals surface area contributed by atoms with Crippen molar-refractivity contribution in [2.75, 3.05) is 19.0 Å². The van der Waals surface area contributed by atoms with E-state index in [1.165, 1.54) is 12.7 Å². The Kier molecular flexibility index (Phi) is 5.65. The number of aliphatic hydroxyl groups excluding tert-OH is 1. The van der Waals surface area contributed by atoms with Gasteiger partial charge in [-0.1, -0.05) is 17.7 Å². The summed E-state index contributed by atoms with van der Waals surface area (Å²) in [5.74, 6) is -0.291. The molecule has 2 N–H and O–H groups in total. The second-order valence-electron chi connectivity index (χ2n) is 4.47.